The Labute approximate surface area is 105 Å². The number of aromatic nitrogens is 3. The van der Waals surface area contributed by atoms with E-state index in [1.54, 1.807) is 10.9 Å². The van der Waals surface area contributed by atoms with Gasteiger partial charge in [-0.25, -0.2) is 4.98 Å². The van der Waals surface area contributed by atoms with Crippen LogP contribution in [0.15, 0.2) is 30.7 Å². The molecule has 0 amide bonds. The van der Waals surface area contributed by atoms with Crippen molar-refractivity contribution < 1.29 is 0 Å². The van der Waals surface area contributed by atoms with Crippen LogP contribution in [0.5, 0.6) is 0 Å². The lowest BCUT2D eigenvalue weighted by molar-refractivity contribution is 0.767. The highest BCUT2D eigenvalue weighted by Crippen LogP contribution is 2.07. The molecule has 0 aliphatic heterocycles. The molecule has 0 aromatic carbocycles. The Morgan fingerprint density at radius 2 is 2.29 bits per heavy atom. The number of pyridine rings is 1. The summed E-state index contributed by atoms with van der Waals surface area (Å²) in [6.45, 7) is 0.688. The van der Waals surface area contributed by atoms with Crippen LogP contribution in [0.4, 0.5) is 5.82 Å². The van der Waals surface area contributed by atoms with Crippen LogP contribution in [-0.4, -0.2) is 19.8 Å². The average Bonchev–Trinajstić information content (AvgIpc) is 2.73. The van der Waals surface area contributed by atoms with Gasteiger partial charge in [-0.3, -0.25) is 4.68 Å². The molecule has 2 aromatic rings. The second kappa shape index (κ2) is 4.92. The molecule has 0 saturated heterocycles. The van der Waals surface area contributed by atoms with Crippen LogP contribution in [0.1, 0.15) is 11.1 Å². The van der Waals surface area contributed by atoms with Crippen LogP contribution < -0.4 is 11.1 Å². The Balaban J connectivity index is 1.97. The van der Waals surface area contributed by atoms with Crippen LogP contribution in [-0.2, 0) is 13.6 Å². The van der Waals surface area contributed by atoms with Gasteiger partial charge in [0.2, 0.25) is 0 Å². The number of aryl methyl sites for hydroxylation is 1. The van der Waals surface area contributed by atoms with E-state index in [-0.39, 0.29) is 0 Å². The number of rotatable bonds is 4. The minimum absolute atomic E-state index is 0.358. The summed E-state index contributed by atoms with van der Waals surface area (Å²) in [5.41, 5.74) is 7.37. The van der Waals surface area contributed by atoms with Gasteiger partial charge >= 0.3 is 0 Å². The molecule has 0 unspecified atom stereocenters. The molecule has 2 rings (SSSR count). The Morgan fingerprint density at radius 3 is 2.82 bits per heavy atom. The van der Waals surface area contributed by atoms with Gasteiger partial charge in [0.1, 0.15) is 10.8 Å². The molecule has 5 nitrogen and oxygen atoms in total. The zero-order valence-corrected chi connectivity index (χ0v) is 10.2. The first-order valence-corrected chi connectivity index (χ1v) is 5.53. The maximum Gasteiger partial charge on any atom is 0.126 e. The average molecular weight is 247 g/mol. The topological polar surface area (TPSA) is 68.8 Å². The van der Waals surface area contributed by atoms with Crippen molar-refractivity contribution in [3.63, 3.8) is 0 Å². The first kappa shape index (κ1) is 11.5. The molecule has 2 heterocycles. The Hall–Kier alpha value is -1.95. The third-order valence-corrected chi connectivity index (χ3v) is 2.52. The van der Waals surface area contributed by atoms with Crippen LogP contribution in [0.3, 0.4) is 0 Å². The molecule has 0 bridgehead atoms. The zero-order valence-electron chi connectivity index (χ0n) is 9.42. The van der Waals surface area contributed by atoms with Crippen molar-refractivity contribution in [2.45, 2.75) is 6.54 Å². The summed E-state index contributed by atoms with van der Waals surface area (Å²) in [6.07, 6.45) is 5.43. The van der Waals surface area contributed by atoms with E-state index in [0.29, 0.717) is 11.5 Å². The van der Waals surface area contributed by atoms with Crippen molar-refractivity contribution in [2.24, 2.45) is 12.8 Å². The van der Waals surface area contributed by atoms with Gasteiger partial charge in [-0.1, -0.05) is 12.2 Å². The molecular formula is C11H13N5S. The van der Waals surface area contributed by atoms with Crippen molar-refractivity contribution in [1.82, 2.24) is 14.8 Å². The largest absolute Gasteiger partial charge is 0.389 e. The van der Waals surface area contributed by atoms with Crippen LogP contribution in [0, 0.1) is 0 Å². The summed E-state index contributed by atoms with van der Waals surface area (Å²) in [6, 6.07) is 3.70. The molecule has 0 spiro atoms. The van der Waals surface area contributed by atoms with Gasteiger partial charge in [-0.2, -0.15) is 5.10 Å². The highest BCUT2D eigenvalue weighted by molar-refractivity contribution is 7.80. The molecule has 0 atom stereocenters. The molecule has 0 fully saturated rings. The molecule has 88 valence electrons. The van der Waals surface area contributed by atoms with E-state index in [1.807, 2.05) is 31.6 Å². The van der Waals surface area contributed by atoms with Crippen molar-refractivity contribution in [3.05, 3.63) is 41.9 Å². The van der Waals surface area contributed by atoms with Crippen molar-refractivity contribution in [3.8, 4) is 0 Å². The van der Waals surface area contributed by atoms with E-state index < -0.39 is 0 Å². The molecule has 2 aromatic heterocycles. The number of nitrogens with zero attached hydrogens (tertiary/aromatic N) is 3. The Morgan fingerprint density at radius 1 is 1.47 bits per heavy atom. The Kier molecular flexibility index (Phi) is 3.34. The first-order chi connectivity index (χ1) is 8.15. The second-order valence-electron chi connectivity index (χ2n) is 3.67. The van der Waals surface area contributed by atoms with Crippen LogP contribution in [0.2, 0.25) is 0 Å². The highest BCUT2D eigenvalue weighted by Gasteiger charge is 1.99. The van der Waals surface area contributed by atoms with Crippen molar-refractivity contribution >= 4 is 23.0 Å². The van der Waals surface area contributed by atoms with Gasteiger partial charge in [-0.05, 0) is 12.1 Å². The number of nitrogens with one attached hydrogen (secondary N) is 1. The summed E-state index contributed by atoms with van der Waals surface area (Å²) >= 11 is 4.86. The molecule has 0 aliphatic rings. The number of hydrogen-bond acceptors (Lipinski definition) is 4. The third-order valence-electron chi connectivity index (χ3n) is 2.28. The number of thiocarbonyl (C=S) groups is 1. The molecule has 0 aliphatic carbocycles. The van der Waals surface area contributed by atoms with Gasteiger partial charge in [0.25, 0.3) is 0 Å². The molecule has 0 saturated carbocycles. The lowest BCUT2D eigenvalue weighted by atomic mass is 10.3. The summed E-state index contributed by atoms with van der Waals surface area (Å²) in [4.78, 5) is 4.57. The minimum atomic E-state index is 0.358. The predicted molar refractivity (Wildman–Crippen MR) is 70.7 cm³/mol. The van der Waals surface area contributed by atoms with Gasteiger partial charge in [-0.15, -0.1) is 0 Å². The summed E-state index contributed by atoms with van der Waals surface area (Å²) in [7, 11) is 1.89. The number of hydrogen-bond donors (Lipinski definition) is 2. The zero-order chi connectivity index (χ0) is 12.3. The molecule has 0 radical (unpaired) electrons. The standard InChI is InChI=1S/C11H13N5S/c1-16-7-8(5-15-16)4-13-10-3-2-9(6-14-10)11(12)17/h2-3,5-7H,4H2,1H3,(H2,12,17)(H,13,14). The molecule has 17 heavy (non-hydrogen) atoms. The van der Waals surface area contributed by atoms with Crippen molar-refractivity contribution in [1.29, 1.82) is 0 Å². The van der Waals surface area contributed by atoms with Gasteiger partial charge in [0, 0.05) is 37.1 Å². The fraction of sp³-hybridized carbons (Fsp3) is 0.182. The Bertz CT molecular complexity index is 517. The van der Waals surface area contributed by atoms with Crippen molar-refractivity contribution in [2.75, 3.05) is 5.32 Å². The van der Waals surface area contributed by atoms with Gasteiger partial charge < -0.3 is 11.1 Å². The monoisotopic (exact) mass is 247 g/mol. The normalized spacial score (nSPS) is 10.2. The molecule has 6 heteroatoms. The van der Waals surface area contributed by atoms with E-state index >= 15 is 0 Å². The number of anilines is 1. The smallest absolute Gasteiger partial charge is 0.126 e. The van der Waals surface area contributed by atoms with Crippen LogP contribution in [0.25, 0.3) is 0 Å². The predicted octanol–water partition coefficient (Wildman–Crippen LogP) is 1.06. The van der Waals surface area contributed by atoms with Gasteiger partial charge in [0.15, 0.2) is 0 Å². The number of nitrogens with two attached hydrogens (primary N) is 1. The fourth-order valence-electron chi connectivity index (χ4n) is 1.40. The van der Waals surface area contributed by atoms with E-state index in [1.165, 1.54) is 0 Å². The maximum absolute atomic E-state index is 5.49. The first-order valence-electron chi connectivity index (χ1n) is 5.12. The van der Waals surface area contributed by atoms with E-state index in [9.17, 15) is 0 Å². The van der Waals surface area contributed by atoms with Crippen LogP contribution >= 0.6 is 12.2 Å². The summed E-state index contributed by atoms with van der Waals surface area (Å²) in [5.74, 6) is 0.786. The molecule has 3 N–H and O–H groups in total. The lowest BCUT2D eigenvalue weighted by Crippen LogP contribution is -2.10. The summed E-state index contributed by atoms with van der Waals surface area (Å²) < 4.78 is 1.76. The second-order valence-corrected chi connectivity index (χ2v) is 4.11. The van der Waals surface area contributed by atoms with E-state index in [0.717, 1.165) is 16.9 Å². The lowest BCUT2D eigenvalue weighted by Gasteiger charge is -2.04. The fourth-order valence-corrected chi connectivity index (χ4v) is 1.52. The quantitative estimate of drug-likeness (QED) is 0.791. The van der Waals surface area contributed by atoms with Gasteiger partial charge in [0.05, 0.1) is 6.20 Å². The molecular weight excluding hydrogens is 234 g/mol. The summed E-state index contributed by atoms with van der Waals surface area (Å²) in [5, 5.41) is 7.28. The SMILES string of the molecule is Cn1cc(CNc2ccc(C(N)=S)cn2)cn1. The minimum Gasteiger partial charge on any atom is -0.389 e. The highest BCUT2D eigenvalue weighted by atomic mass is 32.1. The van der Waals surface area contributed by atoms with E-state index in [2.05, 4.69) is 15.4 Å². The van der Waals surface area contributed by atoms with E-state index in [4.69, 9.17) is 18.0 Å². The maximum atomic E-state index is 5.49. The third kappa shape index (κ3) is 3.01.